The molecule has 1 aliphatic heterocycles. The van der Waals surface area contributed by atoms with Crippen LogP contribution >= 0.6 is 0 Å². The summed E-state index contributed by atoms with van der Waals surface area (Å²) in [4.78, 5) is 11.4. The lowest BCUT2D eigenvalue weighted by atomic mass is 10.1. The van der Waals surface area contributed by atoms with Gasteiger partial charge in [0.05, 0.1) is 12.5 Å². The molecule has 0 aromatic rings. The molecule has 1 rings (SSSR count). The predicted molar refractivity (Wildman–Crippen MR) is 71.4 cm³/mol. The van der Waals surface area contributed by atoms with Gasteiger partial charge in [0.2, 0.25) is 0 Å². The summed E-state index contributed by atoms with van der Waals surface area (Å²) in [6.45, 7) is 14.7. The van der Waals surface area contributed by atoms with Gasteiger partial charge in [0.25, 0.3) is 0 Å². The number of rotatable bonds is 3. The molecule has 0 saturated carbocycles. The third kappa shape index (κ3) is 3.68. The van der Waals surface area contributed by atoms with Crippen LogP contribution in [0.5, 0.6) is 0 Å². The van der Waals surface area contributed by atoms with Gasteiger partial charge in [-0.05, 0) is 18.1 Å². The van der Waals surface area contributed by atoms with Crippen molar-refractivity contribution in [3.63, 3.8) is 0 Å². The van der Waals surface area contributed by atoms with Crippen LogP contribution in [0.4, 0.5) is 0 Å². The Balaban J connectivity index is 2.68. The molecule has 1 saturated heterocycles. The van der Waals surface area contributed by atoms with E-state index in [1.807, 2.05) is 0 Å². The van der Waals surface area contributed by atoms with E-state index in [9.17, 15) is 4.79 Å². The zero-order chi connectivity index (χ0) is 13.3. The number of hydrogen-bond donors (Lipinski definition) is 0. The van der Waals surface area contributed by atoms with E-state index in [2.05, 4.69) is 40.4 Å². The number of carbonyl (C=O) groups is 1. The van der Waals surface area contributed by atoms with Crippen LogP contribution in [0.2, 0.25) is 18.1 Å². The number of cyclic esters (lactones) is 1. The van der Waals surface area contributed by atoms with Crippen LogP contribution in [-0.4, -0.2) is 26.5 Å². The van der Waals surface area contributed by atoms with Crippen molar-refractivity contribution in [2.24, 2.45) is 0 Å². The molecule has 4 heteroatoms. The second-order valence-corrected chi connectivity index (χ2v) is 11.0. The van der Waals surface area contributed by atoms with Crippen LogP contribution in [0.1, 0.15) is 33.6 Å². The van der Waals surface area contributed by atoms with Crippen molar-refractivity contribution in [1.29, 1.82) is 0 Å². The molecule has 98 valence electrons. The number of carbonyl (C=O) groups excluding carboxylic acids is 1. The van der Waals surface area contributed by atoms with Crippen LogP contribution in [-0.2, 0) is 14.0 Å². The zero-order valence-corrected chi connectivity index (χ0v) is 12.6. The lowest BCUT2D eigenvalue weighted by Gasteiger charge is -2.40. The molecule has 0 N–H and O–H groups in total. The number of ether oxygens (including phenoxy) is 1. The molecule has 1 fully saturated rings. The van der Waals surface area contributed by atoms with Crippen molar-refractivity contribution in [1.82, 2.24) is 0 Å². The van der Waals surface area contributed by atoms with Crippen LogP contribution in [0.25, 0.3) is 0 Å². The highest BCUT2D eigenvalue weighted by atomic mass is 28.4. The molecule has 0 amide bonds. The minimum atomic E-state index is -1.81. The molecule has 0 bridgehead atoms. The van der Waals surface area contributed by atoms with Crippen molar-refractivity contribution >= 4 is 14.3 Å². The molecule has 2 atom stereocenters. The van der Waals surface area contributed by atoms with Gasteiger partial charge in [0, 0.05) is 6.42 Å². The molecular formula is C13H24O3Si. The maximum atomic E-state index is 11.4. The quantitative estimate of drug-likeness (QED) is 0.442. The summed E-state index contributed by atoms with van der Waals surface area (Å²) in [6.07, 6.45) is 2.59. The van der Waals surface area contributed by atoms with Gasteiger partial charge >= 0.3 is 5.97 Å². The number of hydrogen-bond acceptors (Lipinski definition) is 3. The van der Waals surface area contributed by atoms with Crippen LogP contribution < -0.4 is 0 Å². The van der Waals surface area contributed by atoms with Gasteiger partial charge in [-0.2, -0.15) is 0 Å². The summed E-state index contributed by atoms with van der Waals surface area (Å²) in [7, 11) is -1.81. The first-order valence-electron chi connectivity index (χ1n) is 6.15. The van der Waals surface area contributed by atoms with Crippen LogP contribution in [0.15, 0.2) is 12.7 Å². The molecule has 0 aromatic heterocycles. The molecule has 0 spiro atoms. The zero-order valence-electron chi connectivity index (χ0n) is 11.6. The van der Waals surface area contributed by atoms with E-state index < -0.39 is 8.32 Å². The fourth-order valence-electron chi connectivity index (χ4n) is 1.62. The highest BCUT2D eigenvalue weighted by Gasteiger charge is 2.41. The SMILES string of the molecule is C=C[C@@H]1CC(O[Si](C)(C)C(C)(C)C)CC(=O)O1. The topological polar surface area (TPSA) is 35.5 Å². The molecule has 0 aliphatic carbocycles. The average Bonchev–Trinajstić information content (AvgIpc) is 2.14. The van der Waals surface area contributed by atoms with Crippen molar-refractivity contribution in [2.45, 2.75) is 64.0 Å². The first-order valence-corrected chi connectivity index (χ1v) is 9.06. The van der Waals surface area contributed by atoms with Crippen molar-refractivity contribution < 1.29 is 14.0 Å². The Labute approximate surface area is 105 Å². The van der Waals surface area contributed by atoms with Gasteiger partial charge in [-0.25, -0.2) is 0 Å². The third-order valence-electron chi connectivity index (χ3n) is 3.70. The minimum absolute atomic E-state index is 0.0138. The molecule has 3 nitrogen and oxygen atoms in total. The maximum absolute atomic E-state index is 11.4. The number of esters is 1. The smallest absolute Gasteiger partial charge is 0.308 e. The van der Waals surface area contributed by atoms with E-state index in [1.54, 1.807) is 6.08 Å². The Morgan fingerprint density at radius 2 is 2.06 bits per heavy atom. The van der Waals surface area contributed by atoms with E-state index in [-0.39, 0.29) is 23.2 Å². The Morgan fingerprint density at radius 3 is 2.53 bits per heavy atom. The van der Waals surface area contributed by atoms with Gasteiger partial charge in [-0.3, -0.25) is 4.79 Å². The normalized spacial score (nSPS) is 26.5. The van der Waals surface area contributed by atoms with Gasteiger partial charge in [-0.15, -0.1) is 0 Å². The molecule has 0 radical (unpaired) electrons. The summed E-state index contributed by atoms with van der Waals surface area (Å²) in [5, 5.41) is 0.165. The van der Waals surface area contributed by atoms with E-state index in [4.69, 9.17) is 9.16 Å². The fraction of sp³-hybridized carbons (Fsp3) is 0.769. The Kier molecular flexibility index (Phi) is 4.20. The van der Waals surface area contributed by atoms with E-state index in [0.717, 1.165) is 6.42 Å². The Bertz CT molecular complexity index is 304. The predicted octanol–water partition coefficient (Wildman–Crippen LogP) is 3.27. The second-order valence-electron chi connectivity index (χ2n) is 6.20. The van der Waals surface area contributed by atoms with Crippen molar-refractivity contribution in [3.8, 4) is 0 Å². The van der Waals surface area contributed by atoms with Crippen molar-refractivity contribution in [3.05, 3.63) is 12.7 Å². The average molecular weight is 256 g/mol. The minimum Gasteiger partial charge on any atom is -0.458 e. The van der Waals surface area contributed by atoms with Gasteiger partial charge in [-0.1, -0.05) is 33.4 Å². The summed E-state index contributed by atoms with van der Waals surface area (Å²) >= 11 is 0. The summed E-state index contributed by atoms with van der Waals surface area (Å²) < 4.78 is 11.4. The second kappa shape index (κ2) is 4.94. The lowest BCUT2D eigenvalue weighted by Crippen LogP contribution is -2.46. The van der Waals surface area contributed by atoms with Gasteiger partial charge in [0.1, 0.15) is 6.10 Å². The molecule has 0 aromatic carbocycles. The van der Waals surface area contributed by atoms with Gasteiger partial charge in [0.15, 0.2) is 8.32 Å². The molecule has 1 unspecified atom stereocenters. The van der Waals surface area contributed by atoms with E-state index in [0.29, 0.717) is 6.42 Å². The standard InChI is InChI=1S/C13H24O3Si/c1-7-10-8-11(9-12(14)15-10)16-17(5,6)13(2,3)4/h7,10-11H,1,8-9H2,2-6H3/t10-,11?/m1/s1. The highest BCUT2D eigenvalue weighted by molar-refractivity contribution is 6.74. The highest BCUT2D eigenvalue weighted by Crippen LogP contribution is 2.38. The molecular weight excluding hydrogens is 232 g/mol. The third-order valence-corrected chi connectivity index (χ3v) is 8.24. The Morgan fingerprint density at radius 1 is 1.47 bits per heavy atom. The lowest BCUT2D eigenvalue weighted by molar-refractivity contribution is -0.155. The largest absolute Gasteiger partial charge is 0.458 e. The maximum Gasteiger partial charge on any atom is 0.308 e. The van der Waals surface area contributed by atoms with Gasteiger partial charge < -0.3 is 9.16 Å². The Hall–Kier alpha value is -0.613. The summed E-state index contributed by atoms with van der Waals surface area (Å²) in [5.74, 6) is -0.176. The molecule has 1 heterocycles. The van der Waals surface area contributed by atoms with Crippen LogP contribution in [0.3, 0.4) is 0 Å². The first-order chi connectivity index (χ1) is 7.65. The first kappa shape index (κ1) is 14.4. The van der Waals surface area contributed by atoms with E-state index in [1.165, 1.54) is 0 Å². The van der Waals surface area contributed by atoms with Crippen LogP contribution in [0, 0.1) is 0 Å². The summed E-state index contributed by atoms with van der Waals surface area (Å²) in [5.41, 5.74) is 0. The molecule has 17 heavy (non-hydrogen) atoms. The van der Waals surface area contributed by atoms with Crippen molar-refractivity contribution in [2.75, 3.05) is 0 Å². The molecule has 1 aliphatic rings. The summed E-state index contributed by atoms with van der Waals surface area (Å²) in [6, 6.07) is 0. The fourth-order valence-corrected chi connectivity index (χ4v) is 2.99. The monoisotopic (exact) mass is 256 g/mol. The van der Waals surface area contributed by atoms with E-state index >= 15 is 0 Å².